The Morgan fingerprint density at radius 2 is 1.47 bits per heavy atom. The van der Waals surface area contributed by atoms with Crippen LogP contribution in [-0.2, 0) is 0 Å². The van der Waals surface area contributed by atoms with Gasteiger partial charge in [0.05, 0.1) is 0 Å². The lowest BCUT2D eigenvalue weighted by Crippen LogP contribution is -2.63. The van der Waals surface area contributed by atoms with Gasteiger partial charge in [0.15, 0.2) is 0 Å². The van der Waals surface area contributed by atoms with Gasteiger partial charge in [-0.1, -0.05) is 13.8 Å². The fraction of sp³-hybridized carbons (Fsp3) is 1.00. The Hall–Kier alpha value is 0.250. The molecule has 2 unspecified atom stereocenters. The summed E-state index contributed by atoms with van der Waals surface area (Å²) >= 11 is 0. The highest BCUT2D eigenvalue weighted by Gasteiger charge is 2.59. The van der Waals surface area contributed by atoms with Gasteiger partial charge in [0.25, 0.3) is 0 Å². The first kappa shape index (κ1) is 11.7. The molecule has 1 N–H and O–H groups in total. The summed E-state index contributed by atoms with van der Waals surface area (Å²) in [7, 11) is 2.18. The van der Waals surface area contributed by atoms with Crippen molar-refractivity contribution in [2.75, 3.05) is 7.05 Å². The Kier molecular flexibility index (Phi) is 2.45. The van der Waals surface area contributed by atoms with E-state index in [2.05, 4.69) is 26.2 Å². The Labute approximate surface area is 99.8 Å². The smallest absolute Gasteiger partial charge is 0.0191 e. The van der Waals surface area contributed by atoms with E-state index in [9.17, 15) is 0 Å². The lowest BCUT2D eigenvalue weighted by molar-refractivity contribution is -0.115. The molecule has 0 aliphatic heterocycles. The van der Waals surface area contributed by atoms with Crippen LogP contribution in [0.15, 0.2) is 0 Å². The van der Waals surface area contributed by atoms with Crippen LogP contribution in [0.1, 0.15) is 52.4 Å². The molecule has 0 aromatic rings. The second-order valence-corrected chi connectivity index (χ2v) is 7.16. The lowest BCUT2D eigenvalue weighted by Gasteiger charge is -2.65. The molecule has 4 aliphatic rings. The molecule has 1 nitrogen and oxygen atoms in total. The van der Waals surface area contributed by atoms with Gasteiger partial charge in [-0.25, -0.2) is 0 Å². The zero-order chi connectivity index (χ0) is 10.0. The van der Waals surface area contributed by atoms with Gasteiger partial charge in [0, 0.05) is 5.54 Å². The molecule has 88 valence electrons. The third-order valence-electron chi connectivity index (χ3n) is 5.16. The average molecular weight is 230 g/mol. The van der Waals surface area contributed by atoms with Crippen LogP contribution < -0.4 is 5.32 Å². The van der Waals surface area contributed by atoms with Gasteiger partial charge in [-0.15, -0.1) is 12.4 Å². The topological polar surface area (TPSA) is 12.0 Å². The van der Waals surface area contributed by atoms with Crippen molar-refractivity contribution in [1.29, 1.82) is 0 Å². The van der Waals surface area contributed by atoms with Crippen molar-refractivity contribution in [3.63, 3.8) is 0 Å². The van der Waals surface area contributed by atoms with Gasteiger partial charge < -0.3 is 5.32 Å². The standard InChI is InChI=1S/C13H23N.ClH/c1-11-4-10-5-12(2,7-11)9-13(6-10,8-11)14-3;/h10,14H,4-9H2,1-3H3;1H/t10?,11-,12+,13?;. The second kappa shape index (κ2) is 3.13. The lowest BCUT2D eigenvalue weighted by atomic mass is 9.43. The summed E-state index contributed by atoms with van der Waals surface area (Å²) in [6.45, 7) is 5.06. The Morgan fingerprint density at radius 3 is 1.87 bits per heavy atom. The van der Waals surface area contributed by atoms with Gasteiger partial charge >= 0.3 is 0 Å². The number of rotatable bonds is 1. The molecule has 2 heteroatoms. The minimum Gasteiger partial charge on any atom is -0.314 e. The van der Waals surface area contributed by atoms with Crippen molar-refractivity contribution in [2.45, 2.75) is 57.9 Å². The van der Waals surface area contributed by atoms with E-state index >= 15 is 0 Å². The summed E-state index contributed by atoms with van der Waals surface area (Å²) in [4.78, 5) is 0. The largest absolute Gasteiger partial charge is 0.314 e. The van der Waals surface area contributed by atoms with Crippen molar-refractivity contribution >= 4 is 12.4 Å². The zero-order valence-electron chi connectivity index (χ0n) is 10.2. The minimum absolute atomic E-state index is 0. The van der Waals surface area contributed by atoms with Crippen molar-refractivity contribution in [2.24, 2.45) is 16.7 Å². The molecule has 4 fully saturated rings. The van der Waals surface area contributed by atoms with E-state index in [0.29, 0.717) is 16.4 Å². The van der Waals surface area contributed by atoms with E-state index in [1.54, 1.807) is 0 Å². The molecule has 4 atom stereocenters. The fourth-order valence-electron chi connectivity index (χ4n) is 5.73. The summed E-state index contributed by atoms with van der Waals surface area (Å²) in [5.41, 5.74) is 1.84. The van der Waals surface area contributed by atoms with Crippen LogP contribution in [0.25, 0.3) is 0 Å². The Bertz CT molecular complexity index is 258. The third kappa shape index (κ3) is 1.63. The molecule has 0 spiro atoms. The number of nitrogens with one attached hydrogen (secondary N) is 1. The molecular weight excluding hydrogens is 206 g/mol. The van der Waals surface area contributed by atoms with Gasteiger partial charge in [0.2, 0.25) is 0 Å². The van der Waals surface area contributed by atoms with Crippen LogP contribution >= 0.6 is 12.4 Å². The molecule has 0 heterocycles. The minimum atomic E-state index is 0. The van der Waals surface area contributed by atoms with Crippen molar-refractivity contribution in [3.05, 3.63) is 0 Å². The monoisotopic (exact) mass is 229 g/mol. The normalized spacial score (nSPS) is 56.6. The van der Waals surface area contributed by atoms with E-state index in [0.717, 1.165) is 5.92 Å². The van der Waals surface area contributed by atoms with Crippen LogP contribution in [0.4, 0.5) is 0 Å². The van der Waals surface area contributed by atoms with Crippen LogP contribution in [0.5, 0.6) is 0 Å². The molecule has 0 aromatic heterocycles. The molecular formula is C13H24ClN. The summed E-state index contributed by atoms with van der Waals surface area (Å²) in [6, 6.07) is 0. The van der Waals surface area contributed by atoms with Crippen LogP contribution in [0, 0.1) is 16.7 Å². The Morgan fingerprint density at radius 1 is 0.933 bits per heavy atom. The first-order valence-electron chi connectivity index (χ1n) is 6.16. The molecule has 4 rings (SSSR count). The highest BCUT2D eigenvalue weighted by atomic mass is 35.5. The average Bonchev–Trinajstić information content (AvgIpc) is 1.97. The van der Waals surface area contributed by atoms with Gasteiger partial charge in [-0.3, -0.25) is 0 Å². The maximum absolute atomic E-state index is 3.66. The van der Waals surface area contributed by atoms with Crippen molar-refractivity contribution in [3.8, 4) is 0 Å². The number of halogens is 1. The van der Waals surface area contributed by atoms with Crippen LogP contribution in [-0.4, -0.2) is 12.6 Å². The summed E-state index contributed by atoms with van der Waals surface area (Å²) in [5, 5.41) is 3.66. The Balaban J connectivity index is 0.000000853. The van der Waals surface area contributed by atoms with E-state index in [-0.39, 0.29) is 12.4 Å². The number of hydrogen-bond acceptors (Lipinski definition) is 1. The molecule has 4 saturated carbocycles. The fourth-order valence-corrected chi connectivity index (χ4v) is 5.73. The molecule has 0 amide bonds. The molecule has 4 aliphatic carbocycles. The third-order valence-corrected chi connectivity index (χ3v) is 5.16. The van der Waals surface area contributed by atoms with E-state index in [4.69, 9.17) is 0 Å². The predicted octanol–water partition coefficient (Wildman–Crippen LogP) is 3.38. The quantitative estimate of drug-likeness (QED) is 0.727. The van der Waals surface area contributed by atoms with E-state index in [1.165, 1.54) is 38.5 Å². The van der Waals surface area contributed by atoms with E-state index < -0.39 is 0 Å². The molecule has 0 aromatic carbocycles. The highest BCUT2D eigenvalue weighted by molar-refractivity contribution is 5.85. The van der Waals surface area contributed by atoms with Crippen molar-refractivity contribution < 1.29 is 0 Å². The maximum atomic E-state index is 3.66. The second-order valence-electron chi connectivity index (χ2n) is 7.16. The molecule has 0 radical (unpaired) electrons. The predicted molar refractivity (Wildman–Crippen MR) is 66.4 cm³/mol. The van der Waals surface area contributed by atoms with Crippen LogP contribution in [0.3, 0.4) is 0 Å². The van der Waals surface area contributed by atoms with Gasteiger partial charge in [-0.05, 0) is 62.3 Å². The SMILES string of the molecule is CNC12CC3C[C@@](C)(C1)C[C@](C)(C3)C2.Cl. The number of hydrogen-bond donors (Lipinski definition) is 1. The summed E-state index contributed by atoms with van der Waals surface area (Å²) < 4.78 is 0. The van der Waals surface area contributed by atoms with Gasteiger partial charge in [0.1, 0.15) is 0 Å². The first-order valence-corrected chi connectivity index (χ1v) is 6.16. The van der Waals surface area contributed by atoms with Gasteiger partial charge in [-0.2, -0.15) is 0 Å². The molecule has 0 saturated heterocycles. The highest BCUT2D eigenvalue weighted by Crippen LogP contribution is 2.66. The van der Waals surface area contributed by atoms with E-state index in [1.807, 2.05) is 0 Å². The first-order chi connectivity index (χ1) is 6.47. The van der Waals surface area contributed by atoms with Crippen LogP contribution in [0.2, 0.25) is 0 Å². The zero-order valence-corrected chi connectivity index (χ0v) is 11.0. The summed E-state index contributed by atoms with van der Waals surface area (Å²) in [6.07, 6.45) is 8.82. The summed E-state index contributed by atoms with van der Waals surface area (Å²) in [5.74, 6) is 1.02. The van der Waals surface area contributed by atoms with Crippen molar-refractivity contribution in [1.82, 2.24) is 5.32 Å². The molecule has 15 heavy (non-hydrogen) atoms. The maximum Gasteiger partial charge on any atom is 0.0191 e. The molecule has 4 bridgehead atoms.